The summed E-state index contributed by atoms with van der Waals surface area (Å²) < 4.78 is 16.6. The van der Waals surface area contributed by atoms with Crippen molar-refractivity contribution >= 4 is 44.2 Å². The molecule has 0 aliphatic carbocycles. The third kappa shape index (κ3) is 3.22. The minimum atomic E-state index is -0.320. The van der Waals surface area contributed by atoms with Crippen molar-refractivity contribution in [2.24, 2.45) is 0 Å². The molecule has 0 bridgehead atoms. The van der Waals surface area contributed by atoms with Crippen LogP contribution in [0.5, 0.6) is 0 Å². The van der Waals surface area contributed by atoms with Crippen LogP contribution in [0.3, 0.4) is 0 Å². The van der Waals surface area contributed by atoms with Crippen molar-refractivity contribution in [1.29, 1.82) is 0 Å². The molecule has 0 saturated heterocycles. The summed E-state index contributed by atoms with van der Waals surface area (Å²) in [5.41, 5.74) is 1.50. The Morgan fingerprint density at radius 2 is 1.96 bits per heavy atom. The summed E-state index contributed by atoms with van der Waals surface area (Å²) in [6, 6.07) is 14.4. The van der Waals surface area contributed by atoms with Crippen LogP contribution in [0.2, 0.25) is 0 Å². The molecule has 1 N–H and O–H groups in total. The highest BCUT2D eigenvalue weighted by atomic mass is 32.2. The van der Waals surface area contributed by atoms with Crippen LogP contribution in [0.4, 0.5) is 4.39 Å². The van der Waals surface area contributed by atoms with Gasteiger partial charge in [0.25, 0.3) is 0 Å². The Labute approximate surface area is 150 Å². The van der Waals surface area contributed by atoms with Crippen molar-refractivity contribution in [2.75, 3.05) is 5.75 Å². The second-order valence-corrected chi connectivity index (χ2v) is 7.28. The van der Waals surface area contributed by atoms with Crippen LogP contribution >= 0.6 is 23.1 Å². The number of thiazole rings is 1. The van der Waals surface area contributed by atoms with Gasteiger partial charge in [0.1, 0.15) is 5.82 Å². The van der Waals surface area contributed by atoms with Crippen LogP contribution in [0.15, 0.2) is 53.7 Å². The van der Waals surface area contributed by atoms with Crippen LogP contribution in [-0.2, 0) is 11.3 Å². The molecule has 0 aliphatic heterocycles. The maximum absolute atomic E-state index is 13.6. The molecule has 25 heavy (non-hydrogen) atoms. The molecule has 0 unspecified atom stereocenters. The zero-order valence-electron chi connectivity index (χ0n) is 13.0. The first kappa shape index (κ1) is 16.0. The highest BCUT2D eigenvalue weighted by molar-refractivity contribution is 7.99. The smallest absolute Gasteiger partial charge is 0.230 e. The van der Waals surface area contributed by atoms with E-state index in [1.165, 1.54) is 17.8 Å². The third-order valence-corrected chi connectivity index (χ3v) is 5.62. The lowest BCUT2D eigenvalue weighted by atomic mass is 10.2. The first-order chi connectivity index (χ1) is 12.2. The average molecular weight is 372 g/mol. The molecule has 2 heterocycles. The summed E-state index contributed by atoms with van der Waals surface area (Å²) in [6.45, 7) is 0.169. The number of fused-ring (bicyclic) bond motifs is 3. The molecule has 0 saturated carbocycles. The summed E-state index contributed by atoms with van der Waals surface area (Å²) in [5.74, 6) is -0.303. The lowest BCUT2D eigenvalue weighted by Crippen LogP contribution is -2.25. The maximum Gasteiger partial charge on any atom is 0.230 e. The normalized spacial score (nSPS) is 11.2. The van der Waals surface area contributed by atoms with E-state index >= 15 is 0 Å². The van der Waals surface area contributed by atoms with E-state index in [0.29, 0.717) is 10.7 Å². The molecule has 4 rings (SSSR count). The second-order valence-electron chi connectivity index (χ2n) is 5.33. The molecular formula is C17H13FN4OS2. The maximum atomic E-state index is 13.6. The van der Waals surface area contributed by atoms with Gasteiger partial charge in [0, 0.05) is 12.1 Å². The number of hydrogen-bond donors (Lipinski definition) is 1. The van der Waals surface area contributed by atoms with E-state index in [0.717, 1.165) is 15.2 Å². The fourth-order valence-corrected chi connectivity index (χ4v) is 4.26. The number of nitrogens with one attached hydrogen (secondary N) is 1. The molecule has 0 radical (unpaired) electrons. The van der Waals surface area contributed by atoms with E-state index in [4.69, 9.17) is 0 Å². The molecule has 5 nitrogen and oxygen atoms in total. The number of hydrogen-bond acceptors (Lipinski definition) is 5. The second kappa shape index (κ2) is 6.81. The van der Waals surface area contributed by atoms with E-state index in [1.807, 2.05) is 28.7 Å². The summed E-state index contributed by atoms with van der Waals surface area (Å²) in [4.78, 5) is 12.9. The third-order valence-electron chi connectivity index (χ3n) is 3.68. The molecule has 126 valence electrons. The SMILES string of the molecule is O=C(CSc1nnc2sc3ccccc3n12)NCc1ccccc1F. The molecule has 1 amide bonds. The molecule has 0 spiro atoms. The monoisotopic (exact) mass is 372 g/mol. The number of nitrogens with zero attached hydrogens (tertiary/aromatic N) is 3. The highest BCUT2D eigenvalue weighted by Crippen LogP contribution is 2.29. The predicted molar refractivity (Wildman–Crippen MR) is 97.3 cm³/mol. The highest BCUT2D eigenvalue weighted by Gasteiger charge is 2.14. The first-order valence-corrected chi connectivity index (χ1v) is 9.38. The molecule has 0 aliphatic rings. The van der Waals surface area contributed by atoms with Crippen molar-refractivity contribution in [2.45, 2.75) is 11.7 Å². The largest absolute Gasteiger partial charge is 0.351 e. The Kier molecular flexibility index (Phi) is 4.37. The van der Waals surface area contributed by atoms with Crippen molar-refractivity contribution in [3.8, 4) is 0 Å². The van der Waals surface area contributed by atoms with Crippen LogP contribution < -0.4 is 5.32 Å². The Morgan fingerprint density at radius 3 is 2.84 bits per heavy atom. The molecule has 4 aromatic rings. The summed E-state index contributed by atoms with van der Waals surface area (Å²) in [7, 11) is 0. The van der Waals surface area contributed by atoms with Crippen molar-refractivity contribution in [3.05, 3.63) is 59.9 Å². The van der Waals surface area contributed by atoms with Crippen LogP contribution in [0.25, 0.3) is 15.2 Å². The zero-order valence-corrected chi connectivity index (χ0v) is 14.6. The minimum absolute atomic E-state index is 0.169. The average Bonchev–Trinajstić information content (AvgIpc) is 3.18. The van der Waals surface area contributed by atoms with Gasteiger partial charge in [-0.2, -0.15) is 0 Å². The van der Waals surface area contributed by atoms with E-state index in [-0.39, 0.29) is 24.0 Å². The number of halogens is 1. The summed E-state index contributed by atoms with van der Waals surface area (Å²) >= 11 is 2.87. The molecule has 2 aromatic carbocycles. The van der Waals surface area contributed by atoms with Gasteiger partial charge in [-0.05, 0) is 18.2 Å². The lowest BCUT2D eigenvalue weighted by Gasteiger charge is -2.05. The molecule has 0 fully saturated rings. The standard InChI is InChI=1S/C17H13FN4OS2/c18-12-6-2-1-5-11(12)9-19-15(23)10-24-16-20-21-17-22(16)13-7-3-4-8-14(13)25-17/h1-8H,9-10H2,(H,19,23). The van der Waals surface area contributed by atoms with Gasteiger partial charge in [-0.1, -0.05) is 53.4 Å². The van der Waals surface area contributed by atoms with Gasteiger partial charge in [0.15, 0.2) is 5.16 Å². The predicted octanol–water partition coefficient (Wildman–Crippen LogP) is 3.49. The number of para-hydroxylation sites is 1. The summed E-state index contributed by atoms with van der Waals surface area (Å²) in [5, 5.41) is 11.7. The van der Waals surface area contributed by atoms with Crippen LogP contribution in [0.1, 0.15) is 5.56 Å². The number of amides is 1. The van der Waals surface area contributed by atoms with Crippen LogP contribution in [0, 0.1) is 5.82 Å². The van der Waals surface area contributed by atoms with Gasteiger partial charge in [-0.3, -0.25) is 9.20 Å². The number of thioether (sulfide) groups is 1. The van der Waals surface area contributed by atoms with Gasteiger partial charge in [-0.25, -0.2) is 4.39 Å². The van der Waals surface area contributed by atoms with E-state index < -0.39 is 0 Å². The molecular weight excluding hydrogens is 359 g/mol. The van der Waals surface area contributed by atoms with Crippen LogP contribution in [-0.4, -0.2) is 26.3 Å². The molecule has 8 heteroatoms. The zero-order chi connectivity index (χ0) is 17.2. The summed E-state index contributed by atoms with van der Waals surface area (Å²) in [6.07, 6.45) is 0. The number of rotatable bonds is 5. The van der Waals surface area contributed by atoms with Gasteiger partial charge < -0.3 is 5.32 Å². The van der Waals surface area contributed by atoms with E-state index in [9.17, 15) is 9.18 Å². The van der Waals surface area contributed by atoms with Gasteiger partial charge in [0.05, 0.1) is 16.0 Å². The van der Waals surface area contributed by atoms with Crippen molar-refractivity contribution < 1.29 is 9.18 Å². The number of carbonyl (C=O) groups excluding carboxylic acids is 1. The first-order valence-electron chi connectivity index (χ1n) is 7.58. The molecule has 0 atom stereocenters. The molecule has 2 aromatic heterocycles. The Bertz CT molecular complexity index is 1060. The van der Waals surface area contributed by atoms with Crippen molar-refractivity contribution in [3.63, 3.8) is 0 Å². The van der Waals surface area contributed by atoms with E-state index in [1.54, 1.807) is 29.5 Å². The Balaban J connectivity index is 1.43. The topological polar surface area (TPSA) is 59.3 Å². The van der Waals surface area contributed by atoms with E-state index in [2.05, 4.69) is 15.5 Å². The fourth-order valence-electron chi connectivity index (χ4n) is 2.47. The van der Waals surface area contributed by atoms with Gasteiger partial charge >= 0.3 is 0 Å². The fraction of sp³-hybridized carbons (Fsp3) is 0.118. The number of carbonyl (C=O) groups is 1. The minimum Gasteiger partial charge on any atom is -0.351 e. The van der Waals surface area contributed by atoms with Gasteiger partial charge in [-0.15, -0.1) is 10.2 Å². The van der Waals surface area contributed by atoms with Gasteiger partial charge in [0.2, 0.25) is 10.9 Å². The lowest BCUT2D eigenvalue weighted by molar-refractivity contribution is -0.118. The Morgan fingerprint density at radius 1 is 1.16 bits per heavy atom. The number of aromatic nitrogens is 3. The quantitative estimate of drug-likeness (QED) is 0.545. The van der Waals surface area contributed by atoms with Crippen molar-refractivity contribution in [1.82, 2.24) is 19.9 Å². The Hall–Kier alpha value is -2.45. The number of benzene rings is 2.